The van der Waals surface area contributed by atoms with E-state index in [0.29, 0.717) is 16.9 Å². The van der Waals surface area contributed by atoms with E-state index in [1.807, 2.05) is 4.90 Å². The maximum Gasteiger partial charge on any atom is 0.340 e. The third-order valence-electron chi connectivity index (χ3n) is 3.38. The van der Waals surface area contributed by atoms with Crippen molar-refractivity contribution in [2.24, 2.45) is 0 Å². The SMILES string of the molecule is COC(=O)c1cccc(N)c1NCC(=O)N1CCCC1. The Balaban J connectivity index is 2.08. The number of para-hydroxylation sites is 1. The van der Waals surface area contributed by atoms with Crippen molar-refractivity contribution in [2.45, 2.75) is 12.8 Å². The van der Waals surface area contributed by atoms with Crippen molar-refractivity contribution >= 4 is 23.3 Å². The number of likely N-dealkylation sites (tertiary alicyclic amines) is 1. The molecule has 0 aliphatic carbocycles. The first-order valence-corrected chi connectivity index (χ1v) is 6.62. The molecule has 1 aliphatic rings. The fourth-order valence-corrected chi connectivity index (χ4v) is 2.29. The number of ether oxygens (including phenoxy) is 1. The molecule has 6 heteroatoms. The number of amides is 1. The normalized spacial score (nSPS) is 14.2. The number of hydrogen-bond acceptors (Lipinski definition) is 5. The molecule has 0 aromatic heterocycles. The van der Waals surface area contributed by atoms with Crippen molar-refractivity contribution < 1.29 is 14.3 Å². The van der Waals surface area contributed by atoms with Crippen molar-refractivity contribution in [1.29, 1.82) is 0 Å². The first-order chi connectivity index (χ1) is 9.63. The van der Waals surface area contributed by atoms with E-state index in [-0.39, 0.29) is 12.5 Å². The second-order valence-corrected chi connectivity index (χ2v) is 4.70. The molecule has 1 aromatic rings. The maximum atomic E-state index is 12.0. The van der Waals surface area contributed by atoms with Crippen LogP contribution < -0.4 is 11.1 Å². The van der Waals surface area contributed by atoms with Gasteiger partial charge in [-0.05, 0) is 25.0 Å². The van der Waals surface area contributed by atoms with E-state index in [1.165, 1.54) is 7.11 Å². The zero-order chi connectivity index (χ0) is 14.5. The van der Waals surface area contributed by atoms with Gasteiger partial charge in [-0.2, -0.15) is 0 Å². The number of carbonyl (C=O) groups excluding carboxylic acids is 2. The van der Waals surface area contributed by atoms with Gasteiger partial charge in [-0.3, -0.25) is 4.79 Å². The van der Waals surface area contributed by atoms with Gasteiger partial charge in [0.15, 0.2) is 0 Å². The van der Waals surface area contributed by atoms with Crippen molar-refractivity contribution in [3.05, 3.63) is 23.8 Å². The third kappa shape index (κ3) is 3.01. The molecule has 0 saturated carbocycles. The average Bonchev–Trinajstić information content (AvgIpc) is 2.98. The summed E-state index contributed by atoms with van der Waals surface area (Å²) in [5.41, 5.74) is 7.06. The molecule has 0 atom stereocenters. The highest BCUT2D eigenvalue weighted by Crippen LogP contribution is 2.24. The summed E-state index contributed by atoms with van der Waals surface area (Å²) in [6.45, 7) is 1.72. The highest BCUT2D eigenvalue weighted by Gasteiger charge is 2.19. The van der Waals surface area contributed by atoms with Crippen molar-refractivity contribution in [1.82, 2.24) is 4.90 Å². The Hall–Kier alpha value is -2.24. The molecule has 20 heavy (non-hydrogen) atoms. The van der Waals surface area contributed by atoms with Crippen LogP contribution >= 0.6 is 0 Å². The summed E-state index contributed by atoms with van der Waals surface area (Å²) in [6, 6.07) is 4.97. The van der Waals surface area contributed by atoms with Crippen molar-refractivity contribution in [3.63, 3.8) is 0 Å². The van der Waals surface area contributed by atoms with Gasteiger partial charge in [0.05, 0.1) is 30.6 Å². The quantitative estimate of drug-likeness (QED) is 0.635. The second-order valence-electron chi connectivity index (χ2n) is 4.70. The van der Waals surface area contributed by atoms with Crippen LogP contribution in [0.5, 0.6) is 0 Å². The summed E-state index contributed by atoms with van der Waals surface area (Å²) in [4.78, 5) is 25.5. The lowest BCUT2D eigenvalue weighted by molar-refractivity contribution is -0.128. The molecule has 108 valence electrons. The van der Waals surface area contributed by atoms with Gasteiger partial charge in [-0.25, -0.2) is 4.79 Å². The number of benzene rings is 1. The first-order valence-electron chi connectivity index (χ1n) is 6.62. The number of nitrogen functional groups attached to an aromatic ring is 1. The van der Waals surface area contributed by atoms with Gasteiger partial charge in [0, 0.05) is 13.1 Å². The molecule has 2 rings (SSSR count). The minimum Gasteiger partial charge on any atom is -0.465 e. The lowest BCUT2D eigenvalue weighted by atomic mass is 10.1. The standard InChI is InChI=1S/C14H19N3O3/c1-20-14(19)10-5-4-6-11(15)13(10)16-9-12(18)17-7-2-3-8-17/h4-6,16H,2-3,7-9,15H2,1H3. The predicted octanol–water partition coefficient (Wildman–Crippen LogP) is 1.09. The Kier molecular flexibility index (Phi) is 4.45. The summed E-state index contributed by atoms with van der Waals surface area (Å²) in [7, 11) is 1.31. The highest BCUT2D eigenvalue weighted by atomic mass is 16.5. The highest BCUT2D eigenvalue weighted by molar-refractivity contribution is 5.99. The summed E-state index contributed by atoms with van der Waals surface area (Å²) in [6.07, 6.45) is 2.10. The zero-order valence-corrected chi connectivity index (χ0v) is 11.5. The third-order valence-corrected chi connectivity index (χ3v) is 3.38. The largest absolute Gasteiger partial charge is 0.465 e. The number of nitrogens with two attached hydrogens (primary N) is 1. The maximum absolute atomic E-state index is 12.0. The van der Waals surface area contributed by atoms with E-state index in [2.05, 4.69) is 5.32 Å². The Morgan fingerprint density at radius 1 is 1.35 bits per heavy atom. The lowest BCUT2D eigenvalue weighted by Crippen LogP contribution is -2.33. The summed E-state index contributed by atoms with van der Waals surface area (Å²) in [5.74, 6) is -0.463. The number of esters is 1. The molecule has 1 aliphatic heterocycles. The van der Waals surface area contributed by atoms with Crippen LogP contribution in [0, 0.1) is 0 Å². The van der Waals surface area contributed by atoms with E-state index in [1.54, 1.807) is 18.2 Å². The van der Waals surface area contributed by atoms with E-state index >= 15 is 0 Å². The zero-order valence-electron chi connectivity index (χ0n) is 11.5. The fourth-order valence-electron chi connectivity index (χ4n) is 2.29. The smallest absolute Gasteiger partial charge is 0.340 e. The molecule has 0 bridgehead atoms. The summed E-state index contributed by atoms with van der Waals surface area (Å²) in [5, 5.41) is 2.96. The average molecular weight is 277 g/mol. The van der Waals surface area contributed by atoms with Gasteiger partial charge in [0.25, 0.3) is 0 Å². The molecule has 1 aromatic carbocycles. The molecule has 0 spiro atoms. The lowest BCUT2D eigenvalue weighted by Gasteiger charge is -2.17. The summed E-state index contributed by atoms with van der Waals surface area (Å²) >= 11 is 0. The molecule has 1 saturated heterocycles. The minimum absolute atomic E-state index is 0.0153. The number of nitrogens with one attached hydrogen (secondary N) is 1. The molecule has 0 unspecified atom stereocenters. The van der Waals surface area contributed by atoms with Crippen LogP contribution in [0.2, 0.25) is 0 Å². The van der Waals surface area contributed by atoms with Gasteiger partial charge in [0.2, 0.25) is 5.91 Å². The number of nitrogens with zero attached hydrogens (tertiary/aromatic N) is 1. The molecule has 0 radical (unpaired) electrons. The summed E-state index contributed by atoms with van der Waals surface area (Å²) < 4.78 is 4.71. The van der Waals surface area contributed by atoms with Gasteiger partial charge in [0.1, 0.15) is 0 Å². The van der Waals surface area contributed by atoms with Crippen LogP contribution in [0.4, 0.5) is 11.4 Å². The van der Waals surface area contributed by atoms with E-state index in [4.69, 9.17) is 10.5 Å². The monoisotopic (exact) mass is 277 g/mol. The molecule has 1 fully saturated rings. The van der Waals surface area contributed by atoms with Gasteiger partial charge >= 0.3 is 5.97 Å². The Morgan fingerprint density at radius 3 is 2.70 bits per heavy atom. The Labute approximate surface area is 117 Å². The van der Waals surface area contributed by atoms with Crippen LogP contribution in [0.1, 0.15) is 23.2 Å². The van der Waals surface area contributed by atoms with Crippen LogP contribution in [-0.2, 0) is 9.53 Å². The minimum atomic E-state index is -0.478. The Bertz CT molecular complexity index is 510. The van der Waals surface area contributed by atoms with E-state index in [0.717, 1.165) is 25.9 Å². The molecule has 1 heterocycles. The number of rotatable bonds is 4. The van der Waals surface area contributed by atoms with Crippen LogP contribution in [-0.4, -0.2) is 43.5 Å². The second kappa shape index (κ2) is 6.27. The van der Waals surface area contributed by atoms with E-state index < -0.39 is 5.97 Å². The van der Waals surface area contributed by atoms with Crippen LogP contribution in [0.3, 0.4) is 0 Å². The number of anilines is 2. The van der Waals surface area contributed by atoms with E-state index in [9.17, 15) is 9.59 Å². The predicted molar refractivity (Wildman–Crippen MR) is 76.5 cm³/mol. The topological polar surface area (TPSA) is 84.7 Å². The van der Waals surface area contributed by atoms with Crippen molar-refractivity contribution in [3.8, 4) is 0 Å². The van der Waals surface area contributed by atoms with Gasteiger partial charge in [-0.15, -0.1) is 0 Å². The van der Waals surface area contributed by atoms with Gasteiger partial charge in [-0.1, -0.05) is 6.07 Å². The van der Waals surface area contributed by atoms with Crippen molar-refractivity contribution in [2.75, 3.05) is 37.8 Å². The number of methoxy groups -OCH3 is 1. The number of carbonyl (C=O) groups is 2. The van der Waals surface area contributed by atoms with Crippen LogP contribution in [0.15, 0.2) is 18.2 Å². The molecule has 6 nitrogen and oxygen atoms in total. The fraction of sp³-hybridized carbons (Fsp3) is 0.429. The molecule has 3 N–H and O–H groups in total. The Morgan fingerprint density at radius 2 is 2.05 bits per heavy atom. The molecular formula is C14H19N3O3. The van der Waals surface area contributed by atoms with Gasteiger partial charge < -0.3 is 20.7 Å². The number of hydrogen-bond donors (Lipinski definition) is 2. The van der Waals surface area contributed by atoms with Crippen LogP contribution in [0.25, 0.3) is 0 Å². The first kappa shape index (κ1) is 14.2. The molecular weight excluding hydrogens is 258 g/mol. The molecule has 1 amide bonds.